The van der Waals surface area contributed by atoms with E-state index in [4.69, 9.17) is 23.7 Å². The van der Waals surface area contributed by atoms with Gasteiger partial charge in [-0.3, -0.25) is 9.59 Å². The molecule has 11 heteroatoms. The Kier molecular flexibility index (Phi) is 8.40. The second-order valence-electron chi connectivity index (χ2n) is 10.9. The molecular weight excluding hydrogens is 568 g/mol. The summed E-state index contributed by atoms with van der Waals surface area (Å²) in [5, 5.41) is 10.6. The first-order chi connectivity index (χ1) is 21.4. The number of amides is 2. The number of anilines is 2. The van der Waals surface area contributed by atoms with Gasteiger partial charge >= 0.3 is 12.1 Å². The van der Waals surface area contributed by atoms with Crippen LogP contribution in [0.5, 0.6) is 11.5 Å². The van der Waals surface area contributed by atoms with Gasteiger partial charge in [-0.15, -0.1) is 0 Å². The summed E-state index contributed by atoms with van der Waals surface area (Å²) in [5.74, 6) is -0.198. The molecule has 0 radical (unpaired) electrons. The molecule has 3 heterocycles. The second kappa shape index (κ2) is 12.6. The fourth-order valence-electron chi connectivity index (χ4n) is 6.10. The van der Waals surface area contributed by atoms with E-state index in [1.807, 2.05) is 48.5 Å². The predicted octanol–water partition coefficient (Wildman–Crippen LogP) is 4.93. The first-order valence-electron chi connectivity index (χ1n) is 14.6. The molecule has 0 aromatic heterocycles. The van der Waals surface area contributed by atoms with Crippen LogP contribution in [0.4, 0.5) is 16.2 Å². The Bertz CT molecular complexity index is 1570. The molecule has 1 N–H and O–H groups in total. The number of methoxy groups -OCH3 is 2. The quantitative estimate of drug-likeness (QED) is 0.358. The second-order valence-corrected chi connectivity index (χ2v) is 10.9. The maximum absolute atomic E-state index is 14.3. The van der Waals surface area contributed by atoms with E-state index in [9.17, 15) is 19.5 Å². The van der Waals surface area contributed by atoms with Crippen LogP contribution in [0.2, 0.25) is 0 Å². The molecule has 3 aromatic rings. The number of ether oxygens (including phenoxy) is 5. The molecule has 0 spiro atoms. The molecule has 11 nitrogen and oxygen atoms in total. The highest BCUT2D eigenvalue weighted by Gasteiger charge is 2.49. The SMILES string of the molecule is COC(=O)Cc1cccc(COc2cc3c(cc2OC)C(=O)N2c4ccccc4C[C@H]2C(OC2CCCCO2)N3C(=O)O)c1. The number of nitrogens with zero attached hydrogens (tertiary/aromatic N) is 2. The molecule has 3 aliphatic heterocycles. The number of fused-ring (bicyclic) bond motifs is 4. The van der Waals surface area contributed by atoms with Gasteiger partial charge in [-0.2, -0.15) is 0 Å². The van der Waals surface area contributed by atoms with Crippen LogP contribution in [-0.4, -0.2) is 62.5 Å². The summed E-state index contributed by atoms with van der Waals surface area (Å²) in [5.41, 5.74) is 3.46. The third-order valence-corrected chi connectivity index (χ3v) is 8.18. The number of hydrogen-bond donors (Lipinski definition) is 1. The van der Waals surface area contributed by atoms with E-state index < -0.39 is 24.7 Å². The van der Waals surface area contributed by atoms with Gasteiger partial charge in [-0.05, 0) is 54.5 Å². The van der Waals surface area contributed by atoms with Gasteiger partial charge in [-0.25, -0.2) is 9.69 Å². The lowest BCUT2D eigenvalue weighted by Crippen LogP contribution is -2.55. The summed E-state index contributed by atoms with van der Waals surface area (Å²) >= 11 is 0. The van der Waals surface area contributed by atoms with Gasteiger partial charge < -0.3 is 33.7 Å². The summed E-state index contributed by atoms with van der Waals surface area (Å²) in [6.07, 6.45) is 0.0229. The Labute approximate surface area is 254 Å². The number of carbonyl (C=O) groups excluding carboxylic acids is 2. The van der Waals surface area contributed by atoms with Crippen molar-refractivity contribution in [3.8, 4) is 11.5 Å². The van der Waals surface area contributed by atoms with Crippen molar-refractivity contribution in [1.82, 2.24) is 0 Å². The normalized spacial score (nSPS) is 20.7. The van der Waals surface area contributed by atoms with Crippen molar-refractivity contribution in [1.29, 1.82) is 0 Å². The Hall–Kier alpha value is -4.61. The lowest BCUT2D eigenvalue weighted by atomic mass is 10.1. The average Bonchev–Trinajstić information content (AvgIpc) is 3.39. The molecule has 2 unspecified atom stereocenters. The van der Waals surface area contributed by atoms with E-state index in [0.717, 1.165) is 34.4 Å². The lowest BCUT2D eigenvalue weighted by Gasteiger charge is -2.37. The molecule has 230 valence electrons. The fourth-order valence-corrected chi connectivity index (χ4v) is 6.10. The van der Waals surface area contributed by atoms with Crippen molar-refractivity contribution in [3.05, 3.63) is 82.9 Å². The molecule has 44 heavy (non-hydrogen) atoms. The van der Waals surface area contributed by atoms with E-state index in [2.05, 4.69) is 0 Å². The number of hydrogen-bond acceptors (Lipinski definition) is 8. The van der Waals surface area contributed by atoms with Crippen LogP contribution in [-0.2, 0) is 38.5 Å². The van der Waals surface area contributed by atoms with Crippen LogP contribution in [0, 0.1) is 0 Å². The summed E-state index contributed by atoms with van der Waals surface area (Å²) < 4.78 is 28.9. The molecule has 0 bridgehead atoms. The van der Waals surface area contributed by atoms with E-state index in [1.54, 1.807) is 4.90 Å². The van der Waals surface area contributed by atoms with Crippen molar-refractivity contribution in [2.24, 2.45) is 0 Å². The minimum absolute atomic E-state index is 0.100. The zero-order valence-corrected chi connectivity index (χ0v) is 24.6. The van der Waals surface area contributed by atoms with Crippen molar-refractivity contribution in [2.75, 3.05) is 30.6 Å². The largest absolute Gasteiger partial charge is 0.493 e. The van der Waals surface area contributed by atoms with E-state index in [1.165, 1.54) is 26.4 Å². The van der Waals surface area contributed by atoms with Crippen LogP contribution >= 0.6 is 0 Å². The number of rotatable bonds is 8. The number of carbonyl (C=O) groups is 3. The van der Waals surface area contributed by atoms with Crippen LogP contribution in [0.25, 0.3) is 0 Å². The highest BCUT2D eigenvalue weighted by Crippen LogP contribution is 2.45. The van der Waals surface area contributed by atoms with Gasteiger partial charge in [0.05, 0.1) is 37.9 Å². The monoisotopic (exact) mass is 602 g/mol. The Balaban J connectivity index is 1.40. The topological polar surface area (TPSA) is 124 Å². The first kappa shape index (κ1) is 29.5. The summed E-state index contributed by atoms with van der Waals surface area (Å²) in [7, 11) is 2.80. The molecule has 1 fully saturated rings. The molecule has 3 aromatic carbocycles. The maximum atomic E-state index is 14.3. The van der Waals surface area contributed by atoms with Crippen molar-refractivity contribution < 1.29 is 43.2 Å². The van der Waals surface area contributed by atoms with E-state index in [-0.39, 0.29) is 47.7 Å². The minimum atomic E-state index is -1.27. The summed E-state index contributed by atoms with van der Waals surface area (Å²) in [4.78, 5) is 41.8. The molecule has 3 atom stereocenters. The molecule has 0 aliphatic carbocycles. The van der Waals surface area contributed by atoms with Gasteiger partial charge in [-0.1, -0.05) is 42.5 Å². The number of esters is 1. The zero-order valence-electron chi connectivity index (χ0n) is 24.6. The Morgan fingerprint density at radius 2 is 1.80 bits per heavy atom. The molecule has 1 saturated heterocycles. The van der Waals surface area contributed by atoms with Gasteiger partial charge in [0.2, 0.25) is 0 Å². The van der Waals surface area contributed by atoms with Gasteiger partial charge in [0.1, 0.15) is 6.61 Å². The summed E-state index contributed by atoms with van der Waals surface area (Å²) in [6.45, 7) is 0.619. The van der Waals surface area contributed by atoms with Crippen molar-refractivity contribution in [2.45, 2.75) is 57.3 Å². The van der Waals surface area contributed by atoms with Crippen LogP contribution < -0.4 is 19.3 Å². The smallest absolute Gasteiger partial charge is 0.414 e. The molecule has 2 amide bonds. The molecular formula is C33H34N2O9. The molecule has 3 aliphatic rings. The highest BCUT2D eigenvalue weighted by molar-refractivity contribution is 6.14. The van der Waals surface area contributed by atoms with Crippen molar-refractivity contribution in [3.63, 3.8) is 0 Å². The van der Waals surface area contributed by atoms with Gasteiger partial charge in [0, 0.05) is 18.4 Å². The zero-order chi connectivity index (χ0) is 30.8. The van der Waals surface area contributed by atoms with Crippen LogP contribution in [0.3, 0.4) is 0 Å². The average molecular weight is 603 g/mol. The molecule has 0 saturated carbocycles. The maximum Gasteiger partial charge on any atom is 0.414 e. The third-order valence-electron chi connectivity index (χ3n) is 8.18. The standard InChI is InChI=1S/C33H34N2O9/c1-40-27-17-23-25(18-28(27)43-19-21-9-7-8-20(14-21)15-29(36)41-2)35(33(38)39)32(44-30-12-5-6-13-42-30)26-16-22-10-3-4-11-24(22)34(26)31(23)37/h3-4,7-11,14,17-18,26,30,32H,5-6,12-13,15-16,19H2,1-2H3,(H,38,39)/t26-,30?,32?/m0/s1. The Morgan fingerprint density at radius 3 is 2.55 bits per heavy atom. The summed E-state index contributed by atoms with van der Waals surface area (Å²) in [6, 6.07) is 17.3. The highest BCUT2D eigenvalue weighted by atomic mass is 16.7. The van der Waals surface area contributed by atoms with Crippen molar-refractivity contribution >= 4 is 29.3 Å². The van der Waals surface area contributed by atoms with Gasteiger partial charge in [0.15, 0.2) is 24.0 Å². The predicted molar refractivity (Wildman–Crippen MR) is 159 cm³/mol. The van der Waals surface area contributed by atoms with Crippen LogP contribution in [0.15, 0.2) is 60.7 Å². The lowest BCUT2D eigenvalue weighted by molar-refractivity contribution is -0.190. The first-order valence-corrected chi connectivity index (χ1v) is 14.6. The fraction of sp³-hybridized carbons (Fsp3) is 0.364. The molecule has 6 rings (SSSR count). The minimum Gasteiger partial charge on any atom is -0.493 e. The number of carboxylic acid groups (broad SMARTS) is 1. The Morgan fingerprint density at radius 1 is 0.977 bits per heavy atom. The third kappa shape index (κ3) is 5.68. The van der Waals surface area contributed by atoms with Crippen LogP contribution in [0.1, 0.15) is 46.3 Å². The van der Waals surface area contributed by atoms with E-state index >= 15 is 0 Å². The number of benzene rings is 3. The number of para-hydroxylation sites is 1. The van der Waals surface area contributed by atoms with Gasteiger partial charge in [0.25, 0.3) is 5.91 Å². The van der Waals surface area contributed by atoms with E-state index in [0.29, 0.717) is 25.1 Å².